The zero-order valence-corrected chi connectivity index (χ0v) is 15.0. The van der Waals surface area contributed by atoms with Gasteiger partial charge in [-0.1, -0.05) is 37.6 Å². The number of benzene rings is 2. The number of nitrogens with one attached hydrogen (secondary N) is 2. The average molecular weight is 362 g/mol. The third-order valence-electron chi connectivity index (χ3n) is 3.78. The van der Waals surface area contributed by atoms with Crippen molar-refractivity contribution in [2.24, 2.45) is 0 Å². The lowest BCUT2D eigenvalue weighted by molar-refractivity contribution is -0.384. The lowest BCUT2D eigenvalue weighted by atomic mass is 10.0. The van der Waals surface area contributed by atoms with Crippen molar-refractivity contribution in [1.82, 2.24) is 0 Å². The highest BCUT2D eigenvalue weighted by Crippen LogP contribution is 2.27. The molecule has 0 aliphatic carbocycles. The summed E-state index contributed by atoms with van der Waals surface area (Å²) in [7, 11) is 0. The number of rotatable bonds is 6. The van der Waals surface area contributed by atoms with Gasteiger partial charge in [0, 0.05) is 17.8 Å². The van der Waals surface area contributed by atoms with Crippen molar-refractivity contribution in [3.8, 4) is 0 Å². The third kappa shape index (κ3) is 4.93. The third-order valence-corrected chi connectivity index (χ3v) is 4.09. The van der Waals surface area contributed by atoms with Gasteiger partial charge in [0.15, 0.2) is 0 Å². The second-order valence-electron chi connectivity index (χ2n) is 6.05. The first-order chi connectivity index (χ1) is 11.8. The summed E-state index contributed by atoms with van der Waals surface area (Å²) in [5.41, 5.74) is 2.27. The average Bonchev–Trinajstić information content (AvgIpc) is 2.56. The van der Waals surface area contributed by atoms with Gasteiger partial charge in [-0.3, -0.25) is 14.9 Å². The minimum absolute atomic E-state index is 0.121. The van der Waals surface area contributed by atoms with Crippen LogP contribution >= 0.6 is 11.6 Å². The van der Waals surface area contributed by atoms with Gasteiger partial charge < -0.3 is 10.6 Å². The number of carbonyl (C=O) groups is 1. The van der Waals surface area contributed by atoms with E-state index < -0.39 is 11.0 Å². The van der Waals surface area contributed by atoms with Gasteiger partial charge in [-0.05, 0) is 36.6 Å². The number of hydrogen-bond acceptors (Lipinski definition) is 4. The van der Waals surface area contributed by atoms with E-state index in [0.29, 0.717) is 11.6 Å². The molecule has 2 aromatic rings. The van der Waals surface area contributed by atoms with Gasteiger partial charge in [0.1, 0.15) is 6.04 Å². The van der Waals surface area contributed by atoms with Crippen LogP contribution < -0.4 is 10.6 Å². The van der Waals surface area contributed by atoms with E-state index in [0.717, 1.165) is 5.69 Å². The standard InChI is InChI=1S/C18H20ClN3O3/c1-11(2)13-4-6-14(7-5-13)20-12(3)18(23)21-17-9-8-15(22(24)25)10-16(17)19/h4-12,20H,1-3H3,(H,21,23). The number of nitrogens with zero attached hydrogens (tertiary/aromatic N) is 1. The van der Waals surface area contributed by atoms with Crippen LogP contribution in [0.25, 0.3) is 0 Å². The minimum Gasteiger partial charge on any atom is -0.374 e. The molecule has 0 saturated carbocycles. The van der Waals surface area contributed by atoms with Gasteiger partial charge in [0.25, 0.3) is 5.69 Å². The van der Waals surface area contributed by atoms with Crippen LogP contribution in [0.5, 0.6) is 0 Å². The van der Waals surface area contributed by atoms with Crippen LogP contribution in [-0.4, -0.2) is 16.9 Å². The van der Waals surface area contributed by atoms with Crippen molar-refractivity contribution in [3.63, 3.8) is 0 Å². The highest BCUT2D eigenvalue weighted by molar-refractivity contribution is 6.34. The molecule has 2 rings (SSSR count). The molecule has 132 valence electrons. The van der Waals surface area contributed by atoms with E-state index >= 15 is 0 Å². The van der Waals surface area contributed by atoms with Crippen molar-refractivity contribution < 1.29 is 9.72 Å². The summed E-state index contributed by atoms with van der Waals surface area (Å²) in [6, 6.07) is 11.3. The van der Waals surface area contributed by atoms with Crippen molar-refractivity contribution in [2.75, 3.05) is 10.6 Å². The zero-order chi connectivity index (χ0) is 18.6. The first-order valence-electron chi connectivity index (χ1n) is 7.89. The molecule has 0 bridgehead atoms. The normalized spacial score (nSPS) is 11.9. The maximum absolute atomic E-state index is 12.3. The quantitative estimate of drug-likeness (QED) is 0.571. The molecule has 0 aliphatic heterocycles. The molecule has 6 nitrogen and oxygen atoms in total. The zero-order valence-electron chi connectivity index (χ0n) is 14.2. The summed E-state index contributed by atoms with van der Waals surface area (Å²) < 4.78 is 0. The Bertz CT molecular complexity index is 776. The van der Waals surface area contributed by atoms with E-state index in [1.165, 1.54) is 23.8 Å². The van der Waals surface area contributed by atoms with E-state index in [9.17, 15) is 14.9 Å². The van der Waals surface area contributed by atoms with Crippen LogP contribution in [0, 0.1) is 10.1 Å². The van der Waals surface area contributed by atoms with E-state index in [1.807, 2.05) is 24.3 Å². The number of nitro groups is 1. The molecule has 0 fully saturated rings. The molecule has 1 atom stereocenters. The van der Waals surface area contributed by atoms with Crippen LogP contribution in [-0.2, 0) is 4.79 Å². The first-order valence-corrected chi connectivity index (χ1v) is 8.27. The topological polar surface area (TPSA) is 84.3 Å². The molecule has 0 aliphatic rings. The molecule has 0 radical (unpaired) electrons. The lowest BCUT2D eigenvalue weighted by Gasteiger charge is -2.16. The number of hydrogen-bond donors (Lipinski definition) is 2. The Hall–Kier alpha value is -2.60. The molecular formula is C18H20ClN3O3. The molecule has 1 unspecified atom stereocenters. The van der Waals surface area contributed by atoms with Gasteiger partial charge in [0.2, 0.25) is 5.91 Å². The Morgan fingerprint density at radius 1 is 1.12 bits per heavy atom. The molecule has 7 heteroatoms. The number of amides is 1. The lowest BCUT2D eigenvalue weighted by Crippen LogP contribution is -2.31. The Morgan fingerprint density at radius 2 is 1.76 bits per heavy atom. The predicted octanol–water partition coefficient (Wildman–Crippen LogP) is 4.81. The predicted molar refractivity (Wildman–Crippen MR) is 100 cm³/mol. The SMILES string of the molecule is CC(Nc1ccc(C(C)C)cc1)C(=O)Nc1ccc([N+](=O)[O-])cc1Cl. The molecule has 1 amide bonds. The number of anilines is 2. The van der Waals surface area contributed by atoms with E-state index in [4.69, 9.17) is 11.6 Å². The number of halogens is 1. The van der Waals surface area contributed by atoms with Crippen LogP contribution in [0.3, 0.4) is 0 Å². The van der Waals surface area contributed by atoms with Gasteiger partial charge in [0.05, 0.1) is 15.6 Å². The number of carbonyl (C=O) groups excluding carboxylic acids is 1. The van der Waals surface area contributed by atoms with Crippen molar-refractivity contribution >= 4 is 34.6 Å². The van der Waals surface area contributed by atoms with Gasteiger partial charge in [-0.2, -0.15) is 0 Å². The van der Waals surface area contributed by atoms with Crippen LogP contribution in [0.1, 0.15) is 32.3 Å². The summed E-state index contributed by atoms with van der Waals surface area (Å²) in [6.07, 6.45) is 0. The fourth-order valence-corrected chi connectivity index (χ4v) is 2.46. The maximum Gasteiger partial charge on any atom is 0.271 e. The molecule has 2 aromatic carbocycles. The largest absolute Gasteiger partial charge is 0.374 e. The fourth-order valence-electron chi connectivity index (χ4n) is 2.24. The van der Waals surface area contributed by atoms with Crippen molar-refractivity contribution in [3.05, 3.63) is 63.2 Å². The second kappa shape index (κ2) is 7.98. The Morgan fingerprint density at radius 3 is 2.28 bits per heavy atom. The van der Waals surface area contributed by atoms with E-state index in [1.54, 1.807) is 6.92 Å². The van der Waals surface area contributed by atoms with Crippen LogP contribution in [0.4, 0.5) is 17.1 Å². The molecule has 2 N–H and O–H groups in total. The summed E-state index contributed by atoms with van der Waals surface area (Å²) in [5.74, 6) is 0.155. The molecule has 0 spiro atoms. The maximum atomic E-state index is 12.3. The Labute approximate surface area is 151 Å². The van der Waals surface area contributed by atoms with Crippen molar-refractivity contribution in [1.29, 1.82) is 0 Å². The highest BCUT2D eigenvalue weighted by Gasteiger charge is 2.16. The van der Waals surface area contributed by atoms with Crippen molar-refractivity contribution in [2.45, 2.75) is 32.7 Å². The van der Waals surface area contributed by atoms with Crippen LogP contribution in [0.2, 0.25) is 5.02 Å². The smallest absolute Gasteiger partial charge is 0.271 e. The highest BCUT2D eigenvalue weighted by atomic mass is 35.5. The number of nitro benzene ring substituents is 1. The Balaban J connectivity index is 2.01. The molecule has 0 heterocycles. The van der Waals surface area contributed by atoms with Gasteiger partial charge in [-0.25, -0.2) is 0 Å². The van der Waals surface area contributed by atoms with E-state index in [-0.39, 0.29) is 16.6 Å². The van der Waals surface area contributed by atoms with Gasteiger partial charge >= 0.3 is 0 Å². The minimum atomic E-state index is -0.539. The van der Waals surface area contributed by atoms with Gasteiger partial charge in [-0.15, -0.1) is 0 Å². The summed E-state index contributed by atoms with van der Waals surface area (Å²) in [6.45, 7) is 5.96. The summed E-state index contributed by atoms with van der Waals surface area (Å²) in [4.78, 5) is 22.5. The molecule has 0 aromatic heterocycles. The monoisotopic (exact) mass is 361 g/mol. The molecular weight excluding hydrogens is 342 g/mol. The summed E-state index contributed by atoms with van der Waals surface area (Å²) >= 11 is 5.99. The second-order valence-corrected chi connectivity index (χ2v) is 6.46. The van der Waals surface area contributed by atoms with Crippen LogP contribution in [0.15, 0.2) is 42.5 Å². The molecule has 25 heavy (non-hydrogen) atoms. The summed E-state index contributed by atoms with van der Waals surface area (Å²) in [5, 5.41) is 16.6. The first kappa shape index (κ1) is 18.7. The number of non-ortho nitro benzene ring substituents is 1. The Kier molecular flexibility index (Phi) is 5.98. The van der Waals surface area contributed by atoms with E-state index in [2.05, 4.69) is 24.5 Å². The molecule has 0 saturated heterocycles. The fraction of sp³-hybridized carbons (Fsp3) is 0.278.